The van der Waals surface area contributed by atoms with Gasteiger partial charge in [0.05, 0.1) is 10.6 Å². The summed E-state index contributed by atoms with van der Waals surface area (Å²) in [7, 11) is -3.75. The number of aromatic carboxylic acids is 1. The van der Waals surface area contributed by atoms with Crippen molar-refractivity contribution in [2.75, 3.05) is 26.2 Å². The minimum Gasteiger partial charge on any atom is -0.478 e. The van der Waals surface area contributed by atoms with Crippen LogP contribution in [0.3, 0.4) is 0 Å². The smallest absolute Gasteiger partial charge is 0.338 e. The van der Waals surface area contributed by atoms with Crippen molar-refractivity contribution >= 4 is 33.5 Å². The summed E-state index contributed by atoms with van der Waals surface area (Å²) in [5.41, 5.74) is -0.117. The van der Waals surface area contributed by atoms with Gasteiger partial charge in [0.1, 0.15) is 11.2 Å². The molecule has 8 nitrogen and oxygen atoms in total. The van der Waals surface area contributed by atoms with Crippen molar-refractivity contribution in [1.29, 1.82) is 0 Å². The molecule has 0 spiro atoms. The van der Waals surface area contributed by atoms with E-state index in [9.17, 15) is 18.0 Å². The van der Waals surface area contributed by atoms with Crippen LogP contribution < -0.4 is 0 Å². The molecule has 0 bridgehead atoms. The molecule has 2 heterocycles. The molecular formula is C16H15ClN2O6S. The Morgan fingerprint density at radius 3 is 2.35 bits per heavy atom. The van der Waals surface area contributed by atoms with E-state index in [1.165, 1.54) is 21.3 Å². The number of hydrogen-bond acceptors (Lipinski definition) is 5. The Morgan fingerprint density at radius 1 is 1.12 bits per heavy atom. The van der Waals surface area contributed by atoms with Gasteiger partial charge in [-0.15, -0.1) is 0 Å². The highest BCUT2D eigenvalue weighted by Gasteiger charge is 2.32. The van der Waals surface area contributed by atoms with Crippen LogP contribution in [0.25, 0.3) is 0 Å². The van der Waals surface area contributed by atoms with E-state index in [1.54, 1.807) is 12.1 Å². The predicted molar refractivity (Wildman–Crippen MR) is 91.8 cm³/mol. The Hall–Kier alpha value is -2.36. The van der Waals surface area contributed by atoms with Crippen LogP contribution in [0.5, 0.6) is 0 Å². The zero-order valence-corrected chi connectivity index (χ0v) is 15.0. The van der Waals surface area contributed by atoms with Crippen molar-refractivity contribution in [2.24, 2.45) is 0 Å². The molecule has 1 aliphatic heterocycles. The van der Waals surface area contributed by atoms with Crippen LogP contribution in [0.2, 0.25) is 5.02 Å². The molecule has 10 heteroatoms. The highest BCUT2D eigenvalue weighted by molar-refractivity contribution is 7.89. The van der Waals surface area contributed by atoms with Crippen molar-refractivity contribution in [3.05, 3.63) is 52.9 Å². The number of piperazine rings is 1. The molecule has 0 radical (unpaired) electrons. The van der Waals surface area contributed by atoms with Crippen molar-refractivity contribution in [1.82, 2.24) is 9.21 Å². The molecule has 1 fully saturated rings. The minimum atomic E-state index is -3.75. The maximum atomic E-state index is 12.7. The SMILES string of the molecule is O=C(O)c1coc(C(=O)N2CCN(S(=O)(=O)c3ccccc3Cl)CC2)c1. The average Bonchev–Trinajstić information content (AvgIpc) is 3.12. The summed E-state index contributed by atoms with van der Waals surface area (Å²) in [5.74, 6) is -1.76. The molecule has 1 aromatic carbocycles. The number of carboxylic acid groups (broad SMARTS) is 1. The summed E-state index contributed by atoms with van der Waals surface area (Å²) < 4.78 is 31.6. The number of benzene rings is 1. The van der Waals surface area contributed by atoms with E-state index in [0.29, 0.717) is 0 Å². The normalized spacial score (nSPS) is 15.8. The van der Waals surface area contributed by atoms with Crippen molar-refractivity contribution in [3.63, 3.8) is 0 Å². The number of carbonyl (C=O) groups excluding carboxylic acids is 1. The van der Waals surface area contributed by atoms with E-state index in [4.69, 9.17) is 21.1 Å². The molecule has 0 atom stereocenters. The lowest BCUT2D eigenvalue weighted by Crippen LogP contribution is -2.50. The molecular weight excluding hydrogens is 384 g/mol. The van der Waals surface area contributed by atoms with Gasteiger partial charge >= 0.3 is 5.97 Å². The van der Waals surface area contributed by atoms with Crippen LogP contribution in [0.4, 0.5) is 0 Å². The fourth-order valence-corrected chi connectivity index (χ4v) is 4.56. The highest BCUT2D eigenvalue weighted by atomic mass is 35.5. The monoisotopic (exact) mass is 398 g/mol. The number of sulfonamides is 1. The number of amides is 1. The lowest BCUT2D eigenvalue weighted by atomic mass is 10.2. The first-order chi connectivity index (χ1) is 12.3. The molecule has 1 amide bonds. The third-order valence-corrected chi connectivity index (χ3v) is 6.44. The number of rotatable bonds is 4. The van der Waals surface area contributed by atoms with E-state index in [-0.39, 0.29) is 47.4 Å². The van der Waals surface area contributed by atoms with Crippen LogP contribution in [-0.2, 0) is 10.0 Å². The van der Waals surface area contributed by atoms with E-state index >= 15 is 0 Å². The Kier molecular flexibility index (Phi) is 5.03. The van der Waals surface area contributed by atoms with Crippen molar-refractivity contribution in [3.8, 4) is 0 Å². The molecule has 138 valence electrons. The molecule has 0 aliphatic carbocycles. The van der Waals surface area contributed by atoms with Crippen molar-refractivity contribution < 1.29 is 27.5 Å². The largest absolute Gasteiger partial charge is 0.478 e. The first-order valence-corrected chi connectivity index (χ1v) is 9.48. The molecule has 3 rings (SSSR count). The summed E-state index contributed by atoms with van der Waals surface area (Å²) >= 11 is 5.98. The summed E-state index contributed by atoms with van der Waals surface area (Å²) in [4.78, 5) is 24.7. The lowest BCUT2D eigenvalue weighted by Gasteiger charge is -2.33. The lowest BCUT2D eigenvalue weighted by molar-refractivity contribution is 0.0664. The number of hydrogen-bond donors (Lipinski definition) is 1. The van der Waals surface area contributed by atoms with Gasteiger partial charge in [-0.1, -0.05) is 23.7 Å². The highest BCUT2D eigenvalue weighted by Crippen LogP contribution is 2.25. The summed E-state index contributed by atoms with van der Waals surface area (Å²) in [6.45, 7) is 0.523. The predicted octanol–water partition coefficient (Wildman–Crippen LogP) is 1.78. The fourth-order valence-electron chi connectivity index (χ4n) is 2.64. The number of furan rings is 1. The number of carboxylic acids is 1. The first kappa shape index (κ1) is 18.4. The first-order valence-electron chi connectivity index (χ1n) is 7.66. The van der Waals surface area contributed by atoms with Gasteiger partial charge in [-0.25, -0.2) is 13.2 Å². The van der Waals surface area contributed by atoms with Crippen LogP contribution in [-0.4, -0.2) is 60.8 Å². The summed E-state index contributed by atoms with van der Waals surface area (Å²) in [6, 6.07) is 7.33. The van der Waals surface area contributed by atoms with Crippen LogP contribution in [0, 0.1) is 0 Å². The van der Waals surface area contributed by atoms with Gasteiger partial charge in [-0.2, -0.15) is 4.31 Å². The Morgan fingerprint density at radius 2 is 1.77 bits per heavy atom. The third kappa shape index (κ3) is 3.46. The Labute approximate surface area is 154 Å². The second-order valence-corrected chi connectivity index (χ2v) is 7.95. The topological polar surface area (TPSA) is 108 Å². The molecule has 0 unspecified atom stereocenters. The van der Waals surface area contributed by atoms with Gasteiger partial charge in [0.15, 0.2) is 5.76 Å². The number of nitrogens with zero attached hydrogens (tertiary/aromatic N) is 2. The second kappa shape index (κ2) is 7.10. The van der Waals surface area contributed by atoms with E-state index in [0.717, 1.165) is 12.3 Å². The fraction of sp³-hybridized carbons (Fsp3) is 0.250. The second-order valence-electron chi connectivity index (χ2n) is 5.63. The summed E-state index contributed by atoms with van der Waals surface area (Å²) in [6.07, 6.45) is 0.994. The third-order valence-electron chi connectivity index (χ3n) is 4.04. The molecule has 1 N–H and O–H groups in total. The zero-order chi connectivity index (χ0) is 18.9. The average molecular weight is 399 g/mol. The van der Waals surface area contributed by atoms with Gasteiger partial charge in [0.25, 0.3) is 5.91 Å². The zero-order valence-electron chi connectivity index (χ0n) is 13.5. The maximum Gasteiger partial charge on any atom is 0.338 e. The van der Waals surface area contributed by atoms with Gasteiger partial charge in [-0.3, -0.25) is 4.79 Å². The van der Waals surface area contributed by atoms with Gasteiger partial charge < -0.3 is 14.4 Å². The molecule has 26 heavy (non-hydrogen) atoms. The van der Waals surface area contributed by atoms with Gasteiger partial charge in [0.2, 0.25) is 10.0 Å². The number of carbonyl (C=O) groups is 2. The van der Waals surface area contributed by atoms with Crippen LogP contribution in [0.15, 0.2) is 45.9 Å². The molecule has 2 aromatic rings. The Bertz CT molecular complexity index is 947. The van der Waals surface area contributed by atoms with Crippen molar-refractivity contribution in [2.45, 2.75) is 4.90 Å². The van der Waals surface area contributed by atoms with Crippen LogP contribution >= 0.6 is 11.6 Å². The summed E-state index contributed by atoms with van der Waals surface area (Å²) in [5, 5.41) is 9.02. The molecule has 1 aromatic heterocycles. The minimum absolute atomic E-state index is 0.0265. The van der Waals surface area contributed by atoms with Crippen LogP contribution in [0.1, 0.15) is 20.9 Å². The molecule has 1 aliphatic rings. The van der Waals surface area contributed by atoms with E-state index in [2.05, 4.69) is 0 Å². The van der Waals surface area contributed by atoms with Gasteiger partial charge in [-0.05, 0) is 12.1 Å². The Balaban J connectivity index is 1.70. The molecule has 0 saturated carbocycles. The maximum absolute atomic E-state index is 12.7. The van der Waals surface area contributed by atoms with Gasteiger partial charge in [0, 0.05) is 32.2 Å². The van der Waals surface area contributed by atoms with E-state index in [1.807, 2.05) is 0 Å². The van der Waals surface area contributed by atoms with E-state index < -0.39 is 21.9 Å². The quantitative estimate of drug-likeness (QED) is 0.840. The number of halogens is 1. The molecule has 1 saturated heterocycles. The standard InChI is InChI=1S/C16H15ClN2O6S/c17-12-3-1-2-4-14(12)26(23,24)19-7-5-18(6-8-19)15(20)13-9-11(10-25-13)16(21)22/h1-4,9-10H,5-8H2,(H,21,22).